The molecule has 0 N–H and O–H groups in total. The van der Waals surface area contributed by atoms with Gasteiger partial charge in [0.05, 0.1) is 13.6 Å². The van der Waals surface area contributed by atoms with Crippen molar-refractivity contribution in [2.75, 3.05) is 13.6 Å². The van der Waals surface area contributed by atoms with Gasteiger partial charge < -0.3 is 0 Å². The van der Waals surface area contributed by atoms with Crippen molar-refractivity contribution in [2.24, 2.45) is 17.0 Å². The van der Waals surface area contributed by atoms with E-state index < -0.39 is 0 Å². The summed E-state index contributed by atoms with van der Waals surface area (Å²) in [6.45, 7) is 5.56. The van der Waals surface area contributed by atoms with Gasteiger partial charge >= 0.3 is 0 Å². The lowest BCUT2D eigenvalue weighted by atomic mass is 9.92. The van der Waals surface area contributed by atoms with Crippen LogP contribution in [-0.4, -0.2) is 24.0 Å². The summed E-state index contributed by atoms with van der Waals surface area (Å²) in [4.78, 5) is 2.91. The fourth-order valence-corrected chi connectivity index (χ4v) is 2.33. The molecule has 1 aliphatic rings. The maximum atomic E-state index is 8.52. The monoisotopic (exact) mass is 209 g/mol. The van der Waals surface area contributed by atoms with Gasteiger partial charge in [-0.3, -0.25) is 4.58 Å². The second kappa shape index (κ2) is 5.76. The summed E-state index contributed by atoms with van der Waals surface area (Å²) >= 11 is 0. The Morgan fingerprint density at radius 3 is 2.80 bits per heavy atom. The first-order chi connectivity index (χ1) is 7.13. The lowest BCUT2D eigenvalue weighted by Gasteiger charge is -2.14. The van der Waals surface area contributed by atoms with Crippen LogP contribution in [0.1, 0.15) is 39.5 Å². The van der Waals surface area contributed by atoms with Crippen LogP contribution in [0.2, 0.25) is 0 Å². The lowest BCUT2D eigenvalue weighted by Crippen LogP contribution is -2.17. The highest BCUT2D eigenvalue weighted by Gasteiger charge is 2.16. The van der Waals surface area contributed by atoms with Crippen LogP contribution in [0.3, 0.4) is 0 Å². The number of hydrogen-bond acceptors (Lipinski definition) is 1. The van der Waals surface area contributed by atoms with E-state index in [9.17, 15) is 0 Å². The quantitative estimate of drug-likeness (QED) is 0.255. The average molecular weight is 209 g/mol. The summed E-state index contributed by atoms with van der Waals surface area (Å²) in [5.41, 5.74) is 8.52. The first-order valence-electron chi connectivity index (χ1n) is 5.75. The van der Waals surface area contributed by atoms with Gasteiger partial charge in [-0.2, -0.15) is 0 Å². The molecule has 0 aromatic heterocycles. The molecule has 0 aromatic rings. The maximum Gasteiger partial charge on any atom is 0.159 e. The molecule has 84 valence electrons. The third-order valence-electron chi connectivity index (χ3n) is 3.13. The van der Waals surface area contributed by atoms with Crippen molar-refractivity contribution in [3.05, 3.63) is 10.4 Å². The van der Waals surface area contributed by atoms with Crippen molar-refractivity contribution in [3.63, 3.8) is 0 Å². The molecule has 1 rings (SSSR count). The standard InChI is InChI=1S/C11H21N4/c1-9-5-4-6-15(3)11(13-14-12)8-10(2)7-9/h9-10H,4-8H2,1-3H3/q+1/t9?,10-/m0/s1. The van der Waals surface area contributed by atoms with E-state index >= 15 is 0 Å². The van der Waals surface area contributed by atoms with Crippen LogP contribution in [0.4, 0.5) is 0 Å². The van der Waals surface area contributed by atoms with Crippen molar-refractivity contribution < 1.29 is 4.58 Å². The fourth-order valence-electron chi connectivity index (χ4n) is 2.33. The first-order valence-corrected chi connectivity index (χ1v) is 5.75. The summed E-state index contributed by atoms with van der Waals surface area (Å²) in [5, 5.41) is 3.81. The molecule has 0 fully saturated rings. The molecular weight excluding hydrogens is 188 g/mol. The lowest BCUT2D eigenvalue weighted by molar-refractivity contribution is -0.500. The maximum absolute atomic E-state index is 8.52. The Labute approximate surface area is 91.6 Å². The number of amidine groups is 1. The van der Waals surface area contributed by atoms with Gasteiger partial charge in [0, 0.05) is 11.3 Å². The van der Waals surface area contributed by atoms with E-state index in [-0.39, 0.29) is 0 Å². The molecule has 2 atom stereocenters. The Hall–Kier alpha value is -1.02. The minimum absolute atomic E-state index is 0.612. The zero-order valence-electron chi connectivity index (χ0n) is 9.98. The van der Waals surface area contributed by atoms with Crippen molar-refractivity contribution in [1.82, 2.24) is 0 Å². The van der Waals surface area contributed by atoms with Crippen molar-refractivity contribution in [1.29, 1.82) is 0 Å². The summed E-state index contributed by atoms with van der Waals surface area (Å²) < 4.78 is 2.11. The predicted octanol–water partition coefficient (Wildman–Crippen LogP) is 3.18. The summed E-state index contributed by atoms with van der Waals surface area (Å²) in [5.74, 6) is 2.30. The van der Waals surface area contributed by atoms with Gasteiger partial charge in [0.2, 0.25) is 0 Å². The molecule has 4 nitrogen and oxygen atoms in total. The number of rotatable bonds is 0. The van der Waals surface area contributed by atoms with E-state index in [2.05, 4.69) is 28.4 Å². The zero-order valence-corrected chi connectivity index (χ0v) is 9.98. The van der Waals surface area contributed by atoms with Gasteiger partial charge in [0.25, 0.3) is 0 Å². The molecule has 1 aliphatic heterocycles. The molecule has 0 radical (unpaired) electrons. The van der Waals surface area contributed by atoms with Gasteiger partial charge in [0.15, 0.2) is 5.84 Å². The van der Waals surface area contributed by atoms with E-state index in [1.54, 1.807) is 0 Å². The molecule has 0 saturated heterocycles. The van der Waals surface area contributed by atoms with Crippen molar-refractivity contribution in [2.45, 2.75) is 39.5 Å². The van der Waals surface area contributed by atoms with Crippen LogP contribution in [0, 0.1) is 11.8 Å². The van der Waals surface area contributed by atoms with Crippen LogP contribution in [0.25, 0.3) is 10.4 Å². The highest BCUT2D eigenvalue weighted by atomic mass is 15.2. The molecule has 0 saturated carbocycles. The van der Waals surface area contributed by atoms with E-state index in [1.165, 1.54) is 19.3 Å². The molecule has 1 heterocycles. The smallest absolute Gasteiger partial charge is 0.159 e. The minimum Gasteiger partial charge on any atom is -0.299 e. The molecule has 0 spiro atoms. The first kappa shape index (κ1) is 12.1. The van der Waals surface area contributed by atoms with Crippen LogP contribution >= 0.6 is 0 Å². The Kier molecular flexibility index (Phi) is 4.63. The number of azide groups is 1. The fraction of sp³-hybridized carbons (Fsp3) is 0.909. The topological polar surface area (TPSA) is 51.8 Å². The second-order valence-corrected chi connectivity index (χ2v) is 4.82. The van der Waals surface area contributed by atoms with Gasteiger partial charge in [-0.05, 0) is 41.7 Å². The van der Waals surface area contributed by atoms with Crippen LogP contribution in [-0.2, 0) is 0 Å². The summed E-state index contributed by atoms with van der Waals surface area (Å²) in [6.07, 6.45) is 4.61. The van der Waals surface area contributed by atoms with E-state index in [0.717, 1.165) is 24.7 Å². The largest absolute Gasteiger partial charge is 0.299 e. The molecule has 1 unspecified atom stereocenters. The minimum atomic E-state index is 0.612. The Balaban J connectivity index is 2.81. The molecule has 4 heteroatoms. The Morgan fingerprint density at radius 2 is 2.13 bits per heavy atom. The third-order valence-corrected chi connectivity index (χ3v) is 3.13. The van der Waals surface area contributed by atoms with Crippen LogP contribution < -0.4 is 0 Å². The van der Waals surface area contributed by atoms with E-state index in [1.807, 2.05) is 7.05 Å². The number of hydrogen-bond donors (Lipinski definition) is 0. The Bertz CT molecular complexity index is 289. The molecule has 15 heavy (non-hydrogen) atoms. The van der Waals surface area contributed by atoms with Gasteiger partial charge in [0.1, 0.15) is 0 Å². The van der Waals surface area contributed by atoms with E-state index in [0.29, 0.717) is 5.92 Å². The third kappa shape index (κ3) is 3.92. The summed E-state index contributed by atoms with van der Waals surface area (Å²) in [7, 11) is 2.02. The summed E-state index contributed by atoms with van der Waals surface area (Å²) in [6, 6.07) is 0. The SMILES string of the molecule is CC1CCC[N+](C)=C(N=[N+]=[N-])C[C@@H](C)C1. The Morgan fingerprint density at radius 1 is 1.40 bits per heavy atom. The second-order valence-electron chi connectivity index (χ2n) is 4.82. The molecule has 0 aromatic carbocycles. The van der Waals surface area contributed by atoms with E-state index in [4.69, 9.17) is 5.53 Å². The predicted molar refractivity (Wildman–Crippen MR) is 62.0 cm³/mol. The van der Waals surface area contributed by atoms with Crippen LogP contribution in [0.5, 0.6) is 0 Å². The highest BCUT2D eigenvalue weighted by molar-refractivity contribution is 5.78. The normalized spacial score (nSPS) is 28.7. The molecular formula is C11H21N4+. The highest BCUT2D eigenvalue weighted by Crippen LogP contribution is 2.21. The zero-order chi connectivity index (χ0) is 11.3. The number of nitrogens with zero attached hydrogens (tertiary/aromatic N) is 4. The molecule has 0 bridgehead atoms. The van der Waals surface area contributed by atoms with Crippen molar-refractivity contribution in [3.8, 4) is 0 Å². The van der Waals surface area contributed by atoms with Crippen molar-refractivity contribution >= 4 is 5.84 Å². The molecule has 0 amide bonds. The average Bonchev–Trinajstić information content (AvgIpc) is 2.20. The van der Waals surface area contributed by atoms with Gasteiger partial charge in [-0.1, -0.05) is 13.8 Å². The molecule has 0 aliphatic carbocycles. The van der Waals surface area contributed by atoms with Crippen LogP contribution in [0.15, 0.2) is 5.11 Å². The van der Waals surface area contributed by atoms with Gasteiger partial charge in [-0.25, -0.2) is 0 Å². The van der Waals surface area contributed by atoms with Gasteiger partial charge in [-0.15, -0.1) is 0 Å².